The quantitative estimate of drug-likeness (QED) is 0.660. The average molecular weight is 286 g/mol. The summed E-state index contributed by atoms with van der Waals surface area (Å²) in [5.41, 5.74) is 0.844. The predicted molar refractivity (Wildman–Crippen MR) is 78.1 cm³/mol. The van der Waals surface area contributed by atoms with Gasteiger partial charge in [-0.3, -0.25) is 19.9 Å². The highest BCUT2D eigenvalue weighted by Gasteiger charge is 2.21. The number of anilines is 1. The van der Waals surface area contributed by atoms with Gasteiger partial charge in [-0.1, -0.05) is 0 Å². The molecule has 108 valence electrons. The lowest BCUT2D eigenvalue weighted by Gasteiger charge is -2.14. The largest absolute Gasteiger partial charge is 0.382 e. The summed E-state index contributed by atoms with van der Waals surface area (Å²) in [6, 6.07) is 5.01. The van der Waals surface area contributed by atoms with Gasteiger partial charge in [-0.2, -0.15) is 0 Å². The maximum Gasteiger partial charge on any atom is 0.278 e. The summed E-state index contributed by atoms with van der Waals surface area (Å²) in [4.78, 5) is 25.8. The summed E-state index contributed by atoms with van der Waals surface area (Å²) in [6.45, 7) is 0.598. The molecule has 1 aromatic heterocycles. The Morgan fingerprint density at radius 1 is 1.38 bits per heavy atom. The Hall–Kier alpha value is -2.70. The molecule has 7 nitrogen and oxygen atoms in total. The molecule has 2 aromatic rings. The van der Waals surface area contributed by atoms with Crippen LogP contribution in [0.4, 0.5) is 11.4 Å². The number of hydrogen-bond donors (Lipinski definition) is 2. The van der Waals surface area contributed by atoms with E-state index in [2.05, 4.69) is 15.6 Å². The molecule has 0 saturated carbocycles. The van der Waals surface area contributed by atoms with E-state index in [1.165, 1.54) is 12.3 Å². The molecule has 21 heavy (non-hydrogen) atoms. The number of fused-ring (bicyclic) bond motifs is 1. The number of nitrogens with zero attached hydrogens (tertiary/aromatic N) is 2. The average Bonchev–Trinajstić information content (AvgIpc) is 2.90. The molecule has 0 aliphatic carbocycles. The number of benzene rings is 1. The van der Waals surface area contributed by atoms with Crippen LogP contribution >= 0.6 is 0 Å². The summed E-state index contributed by atoms with van der Waals surface area (Å²) >= 11 is 0. The van der Waals surface area contributed by atoms with Crippen LogP contribution in [-0.4, -0.2) is 28.4 Å². The van der Waals surface area contributed by atoms with Crippen LogP contribution in [-0.2, 0) is 4.79 Å². The smallest absolute Gasteiger partial charge is 0.278 e. The molecular weight excluding hydrogens is 272 g/mol. The van der Waals surface area contributed by atoms with E-state index < -0.39 is 4.92 Å². The van der Waals surface area contributed by atoms with Crippen LogP contribution in [0.5, 0.6) is 0 Å². The van der Waals surface area contributed by atoms with Gasteiger partial charge in [0.2, 0.25) is 5.91 Å². The van der Waals surface area contributed by atoms with E-state index in [4.69, 9.17) is 0 Å². The molecule has 2 N–H and O–H groups in total. The van der Waals surface area contributed by atoms with Gasteiger partial charge in [-0.05, 0) is 18.6 Å². The van der Waals surface area contributed by atoms with E-state index in [1.54, 1.807) is 18.3 Å². The van der Waals surface area contributed by atoms with Crippen molar-refractivity contribution in [3.8, 4) is 0 Å². The Kier molecular flexibility index (Phi) is 3.39. The first kappa shape index (κ1) is 13.3. The monoisotopic (exact) mass is 286 g/mol. The van der Waals surface area contributed by atoms with Crippen LogP contribution in [0.1, 0.15) is 12.8 Å². The van der Waals surface area contributed by atoms with E-state index >= 15 is 0 Å². The molecule has 0 bridgehead atoms. The van der Waals surface area contributed by atoms with E-state index in [1.807, 2.05) is 0 Å². The lowest BCUT2D eigenvalue weighted by Crippen LogP contribution is -2.31. The number of nitro benzene ring substituents is 1. The highest BCUT2D eigenvalue weighted by atomic mass is 16.6. The molecule has 1 fully saturated rings. The van der Waals surface area contributed by atoms with Gasteiger partial charge in [0.05, 0.1) is 10.3 Å². The minimum absolute atomic E-state index is 0.0396. The molecule has 0 radical (unpaired) electrons. The second-order valence-corrected chi connectivity index (χ2v) is 4.99. The Balaban J connectivity index is 1.87. The molecule has 0 spiro atoms. The van der Waals surface area contributed by atoms with Crippen molar-refractivity contribution in [1.82, 2.24) is 10.3 Å². The van der Waals surface area contributed by atoms with Crippen LogP contribution in [0, 0.1) is 10.1 Å². The van der Waals surface area contributed by atoms with Crippen LogP contribution in [0.3, 0.4) is 0 Å². The van der Waals surface area contributed by atoms with Gasteiger partial charge in [0, 0.05) is 48.5 Å². The number of amides is 1. The zero-order valence-electron chi connectivity index (χ0n) is 11.2. The van der Waals surface area contributed by atoms with E-state index in [0.29, 0.717) is 18.4 Å². The molecule has 2 heterocycles. The van der Waals surface area contributed by atoms with Crippen molar-refractivity contribution < 1.29 is 9.72 Å². The van der Waals surface area contributed by atoms with Crippen molar-refractivity contribution in [3.63, 3.8) is 0 Å². The van der Waals surface area contributed by atoms with Gasteiger partial charge in [0.25, 0.3) is 5.69 Å². The third-order valence-electron chi connectivity index (χ3n) is 3.62. The minimum atomic E-state index is -0.412. The topological polar surface area (TPSA) is 97.2 Å². The third-order valence-corrected chi connectivity index (χ3v) is 3.62. The van der Waals surface area contributed by atoms with Crippen LogP contribution in [0.15, 0.2) is 30.6 Å². The first-order chi connectivity index (χ1) is 10.1. The summed E-state index contributed by atoms with van der Waals surface area (Å²) in [5, 5.41) is 18.4. The molecule has 1 aliphatic heterocycles. The van der Waals surface area contributed by atoms with Gasteiger partial charge < -0.3 is 10.6 Å². The Labute approximate surface area is 120 Å². The van der Waals surface area contributed by atoms with Crippen molar-refractivity contribution in [3.05, 3.63) is 40.7 Å². The van der Waals surface area contributed by atoms with Crippen molar-refractivity contribution in [1.29, 1.82) is 0 Å². The Morgan fingerprint density at radius 3 is 2.95 bits per heavy atom. The van der Waals surface area contributed by atoms with Crippen LogP contribution in [0.25, 0.3) is 10.8 Å². The molecule has 1 amide bonds. The lowest BCUT2D eigenvalue weighted by atomic mass is 10.1. The van der Waals surface area contributed by atoms with Crippen molar-refractivity contribution in [2.24, 2.45) is 0 Å². The van der Waals surface area contributed by atoms with Crippen LogP contribution < -0.4 is 10.6 Å². The van der Waals surface area contributed by atoms with E-state index in [-0.39, 0.29) is 17.6 Å². The highest BCUT2D eigenvalue weighted by Crippen LogP contribution is 2.30. The first-order valence-electron chi connectivity index (χ1n) is 6.69. The standard InChI is InChI=1S/C14H14N4O3/c19-14-4-1-9(17-14)7-16-12-2-3-13(18(20)21)11-8-15-6-5-10(11)12/h2-3,5-6,8-9,16H,1,4,7H2,(H,17,19). The summed E-state index contributed by atoms with van der Waals surface area (Å²) in [5.74, 6) is 0.0690. The van der Waals surface area contributed by atoms with Gasteiger partial charge in [-0.25, -0.2) is 0 Å². The Morgan fingerprint density at radius 2 is 2.24 bits per heavy atom. The summed E-state index contributed by atoms with van der Waals surface area (Å²) in [7, 11) is 0. The minimum Gasteiger partial charge on any atom is -0.382 e. The molecule has 1 aromatic carbocycles. The second kappa shape index (κ2) is 5.35. The summed E-state index contributed by atoms with van der Waals surface area (Å²) in [6.07, 6.45) is 4.46. The Bertz CT molecular complexity index is 716. The van der Waals surface area contributed by atoms with Gasteiger partial charge in [-0.15, -0.1) is 0 Å². The first-order valence-corrected chi connectivity index (χ1v) is 6.69. The molecule has 7 heteroatoms. The number of aromatic nitrogens is 1. The lowest BCUT2D eigenvalue weighted by molar-refractivity contribution is -0.383. The van der Waals surface area contributed by atoms with E-state index in [0.717, 1.165) is 17.5 Å². The number of hydrogen-bond acceptors (Lipinski definition) is 5. The number of rotatable bonds is 4. The maximum atomic E-state index is 11.2. The molecule has 1 saturated heterocycles. The summed E-state index contributed by atoms with van der Waals surface area (Å²) < 4.78 is 0. The predicted octanol–water partition coefficient (Wildman–Crippen LogP) is 1.83. The second-order valence-electron chi connectivity index (χ2n) is 4.99. The van der Waals surface area contributed by atoms with Crippen LogP contribution in [0.2, 0.25) is 0 Å². The fourth-order valence-corrected chi connectivity index (χ4v) is 2.55. The zero-order chi connectivity index (χ0) is 14.8. The van der Waals surface area contributed by atoms with Crippen molar-refractivity contribution in [2.75, 3.05) is 11.9 Å². The number of carbonyl (C=O) groups is 1. The molecule has 1 unspecified atom stereocenters. The van der Waals surface area contributed by atoms with Gasteiger partial charge in [0.1, 0.15) is 0 Å². The zero-order valence-corrected chi connectivity index (χ0v) is 11.2. The van der Waals surface area contributed by atoms with Crippen molar-refractivity contribution in [2.45, 2.75) is 18.9 Å². The SMILES string of the molecule is O=C1CCC(CNc2ccc([N+](=O)[O-])c3cnccc23)N1. The van der Waals surface area contributed by atoms with Crippen molar-refractivity contribution >= 4 is 28.1 Å². The highest BCUT2D eigenvalue weighted by molar-refractivity contribution is 5.99. The molecule has 1 atom stereocenters. The fraction of sp³-hybridized carbons (Fsp3) is 0.286. The number of nitro groups is 1. The number of carbonyl (C=O) groups excluding carboxylic acids is 1. The van der Waals surface area contributed by atoms with Gasteiger partial charge >= 0.3 is 0 Å². The normalized spacial score (nSPS) is 17.7. The maximum absolute atomic E-state index is 11.2. The molecule has 1 aliphatic rings. The fourth-order valence-electron chi connectivity index (χ4n) is 2.55. The van der Waals surface area contributed by atoms with Gasteiger partial charge in [0.15, 0.2) is 0 Å². The number of non-ortho nitro benzene ring substituents is 1. The number of nitrogens with one attached hydrogen (secondary N) is 2. The number of pyridine rings is 1. The van der Waals surface area contributed by atoms with E-state index in [9.17, 15) is 14.9 Å². The molecule has 3 rings (SSSR count). The third kappa shape index (κ3) is 2.62. The molecular formula is C14H14N4O3.